The molecule has 1 aliphatic heterocycles. The van der Waals surface area contributed by atoms with Crippen LogP contribution in [-0.2, 0) is 19.1 Å². The van der Waals surface area contributed by atoms with Crippen LogP contribution in [0.3, 0.4) is 0 Å². The zero-order valence-corrected chi connectivity index (χ0v) is 15.2. The molecule has 0 aromatic heterocycles. The molecule has 1 aliphatic rings. The topological polar surface area (TPSA) is 105 Å². The van der Waals surface area contributed by atoms with E-state index in [-0.39, 0.29) is 37.8 Å². The Morgan fingerprint density at radius 2 is 1.96 bits per heavy atom. The first-order valence-corrected chi connectivity index (χ1v) is 8.25. The molecule has 26 heavy (non-hydrogen) atoms. The molecule has 1 aromatic rings. The molecule has 0 radical (unpaired) electrons. The number of amides is 2. The second-order valence-corrected chi connectivity index (χ2v) is 6.66. The molecule has 2 unspecified atom stereocenters. The molecule has 2 atom stereocenters. The van der Waals surface area contributed by atoms with Gasteiger partial charge in [-0.05, 0) is 31.2 Å². The zero-order valence-electron chi connectivity index (χ0n) is 15.2. The Hall–Kier alpha value is -2.61. The number of nitrogens with zero attached hydrogens (tertiary/aromatic N) is 1. The number of hydrogen-bond acceptors (Lipinski definition) is 5. The van der Waals surface area contributed by atoms with Crippen LogP contribution in [-0.4, -0.2) is 55.8 Å². The van der Waals surface area contributed by atoms with Gasteiger partial charge in [0.05, 0.1) is 31.6 Å². The van der Waals surface area contributed by atoms with E-state index in [1.54, 1.807) is 43.2 Å². The smallest absolute Gasteiger partial charge is 0.305 e. The van der Waals surface area contributed by atoms with Crippen molar-refractivity contribution in [1.82, 2.24) is 5.32 Å². The van der Waals surface area contributed by atoms with E-state index in [9.17, 15) is 14.4 Å². The van der Waals surface area contributed by atoms with Crippen molar-refractivity contribution in [2.45, 2.75) is 25.3 Å². The Balaban J connectivity index is 2.06. The second-order valence-electron chi connectivity index (χ2n) is 6.66. The van der Waals surface area contributed by atoms with Crippen molar-refractivity contribution in [2.75, 3.05) is 32.3 Å². The van der Waals surface area contributed by atoms with Gasteiger partial charge in [-0.3, -0.25) is 14.4 Å². The van der Waals surface area contributed by atoms with E-state index in [2.05, 4.69) is 5.32 Å². The number of hydrogen-bond donors (Lipinski definition) is 2. The number of carbonyl (C=O) groups excluding carboxylic acids is 2. The average molecular weight is 364 g/mol. The van der Waals surface area contributed by atoms with Gasteiger partial charge in [-0.25, -0.2) is 0 Å². The van der Waals surface area contributed by atoms with Crippen molar-refractivity contribution in [1.29, 1.82) is 0 Å². The Morgan fingerprint density at radius 1 is 1.31 bits per heavy atom. The largest absolute Gasteiger partial charge is 0.497 e. The van der Waals surface area contributed by atoms with Crippen molar-refractivity contribution < 1.29 is 29.0 Å². The maximum atomic E-state index is 12.6. The van der Waals surface area contributed by atoms with Crippen molar-refractivity contribution in [3.63, 3.8) is 0 Å². The summed E-state index contributed by atoms with van der Waals surface area (Å²) in [5, 5.41) is 11.8. The van der Waals surface area contributed by atoms with E-state index < -0.39 is 17.4 Å². The number of rotatable bonds is 8. The fourth-order valence-electron chi connectivity index (χ4n) is 3.08. The first kappa shape index (κ1) is 19.7. The number of ether oxygens (including phenoxy) is 2. The van der Waals surface area contributed by atoms with E-state index in [1.165, 1.54) is 7.11 Å². The number of benzene rings is 1. The number of carboxylic acids is 1. The summed E-state index contributed by atoms with van der Waals surface area (Å²) in [5.41, 5.74) is -0.342. The minimum absolute atomic E-state index is 0.0634. The Bertz CT molecular complexity index is 675. The third-order valence-electron chi connectivity index (χ3n) is 4.31. The second kappa shape index (κ2) is 8.18. The molecule has 2 N–H and O–H groups in total. The first-order chi connectivity index (χ1) is 12.3. The standard InChI is InChI=1S/C18H24N2O6/c1-18(11-25-2,9-16(22)23)19-17(24)12-8-15(21)20(10-12)13-4-6-14(26-3)7-5-13/h4-7,12H,8-11H2,1-3H3,(H,19,24)(H,22,23). The summed E-state index contributed by atoms with van der Waals surface area (Å²) < 4.78 is 10.1. The molecule has 0 spiro atoms. The molecule has 1 saturated heterocycles. The van der Waals surface area contributed by atoms with Gasteiger partial charge in [0.1, 0.15) is 5.75 Å². The summed E-state index contributed by atoms with van der Waals surface area (Å²) in [6.45, 7) is 1.92. The lowest BCUT2D eigenvalue weighted by atomic mass is 9.97. The zero-order chi connectivity index (χ0) is 19.3. The third kappa shape index (κ3) is 4.72. The lowest BCUT2D eigenvalue weighted by molar-refractivity contribution is -0.140. The van der Waals surface area contributed by atoms with Crippen molar-refractivity contribution >= 4 is 23.5 Å². The molecule has 2 rings (SSSR count). The van der Waals surface area contributed by atoms with Crippen LogP contribution in [0.2, 0.25) is 0 Å². The predicted octanol–water partition coefficient (Wildman–Crippen LogP) is 1.04. The highest BCUT2D eigenvalue weighted by Gasteiger charge is 2.38. The van der Waals surface area contributed by atoms with Gasteiger partial charge in [-0.2, -0.15) is 0 Å². The van der Waals surface area contributed by atoms with Crippen molar-refractivity contribution in [3.05, 3.63) is 24.3 Å². The third-order valence-corrected chi connectivity index (χ3v) is 4.31. The van der Waals surface area contributed by atoms with E-state index in [0.717, 1.165) is 0 Å². The lowest BCUT2D eigenvalue weighted by Crippen LogP contribution is -2.52. The minimum Gasteiger partial charge on any atom is -0.497 e. The highest BCUT2D eigenvalue weighted by Crippen LogP contribution is 2.27. The van der Waals surface area contributed by atoms with Gasteiger partial charge in [0.15, 0.2) is 0 Å². The van der Waals surface area contributed by atoms with Crippen LogP contribution < -0.4 is 15.0 Å². The van der Waals surface area contributed by atoms with Gasteiger partial charge in [0.2, 0.25) is 11.8 Å². The monoisotopic (exact) mass is 364 g/mol. The van der Waals surface area contributed by atoms with Crippen LogP contribution in [0.1, 0.15) is 19.8 Å². The number of nitrogens with one attached hydrogen (secondary N) is 1. The molecule has 0 saturated carbocycles. The van der Waals surface area contributed by atoms with Crippen LogP contribution in [0.5, 0.6) is 5.75 Å². The fourth-order valence-corrected chi connectivity index (χ4v) is 3.08. The van der Waals surface area contributed by atoms with Crippen LogP contribution in [0.25, 0.3) is 0 Å². The summed E-state index contributed by atoms with van der Waals surface area (Å²) >= 11 is 0. The number of methoxy groups -OCH3 is 2. The van der Waals surface area contributed by atoms with Gasteiger partial charge in [0, 0.05) is 25.8 Å². The van der Waals surface area contributed by atoms with Gasteiger partial charge < -0.3 is 24.8 Å². The maximum Gasteiger partial charge on any atom is 0.305 e. The Morgan fingerprint density at radius 3 is 2.50 bits per heavy atom. The van der Waals surface area contributed by atoms with Crippen molar-refractivity contribution in [3.8, 4) is 5.75 Å². The van der Waals surface area contributed by atoms with Gasteiger partial charge >= 0.3 is 5.97 Å². The van der Waals surface area contributed by atoms with Crippen LogP contribution >= 0.6 is 0 Å². The minimum atomic E-state index is -1.03. The number of carboxylic acid groups (broad SMARTS) is 1. The molecular weight excluding hydrogens is 340 g/mol. The summed E-state index contributed by atoms with van der Waals surface area (Å²) in [5.74, 6) is -1.40. The summed E-state index contributed by atoms with van der Waals surface area (Å²) in [4.78, 5) is 37.5. The average Bonchev–Trinajstić information content (AvgIpc) is 2.96. The fraction of sp³-hybridized carbons (Fsp3) is 0.500. The van der Waals surface area contributed by atoms with Crippen molar-refractivity contribution in [2.24, 2.45) is 5.92 Å². The number of carbonyl (C=O) groups is 3. The Kier molecular flexibility index (Phi) is 6.20. The summed E-state index contributed by atoms with van der Waals surface area (Å²) in [7, 11) is 3.00. The molecule has 0 bridgehead atoms. The van der Waals surface area contributed by atoms with Gasteiger partial charge in [-0.1, -0.05) is 0 Å². The van der Waals surface area contributed by atoms with Gasteiger partial charge in [0.25, 0.3) is 0 Å². The summed E-state index contributed by atoms with van der Waals surface area (Å²) in [6.07, 6.45) is -0.191. The lowest BCUT2D eigenvalue weighted by Gasteiger charge is -2.29. The Labute approximate surface area is 152 Å². The maximum absolute atomic E-state index is 12.6. The molecule has 142 valence electrons. The van der Waals surface area contributed by atoms with E-state index >= 15 is 0 Å². The first-order valence-electron chi connectivity index (χ1n) is 8.25. The van der Waals surface area contributed by atoms with Crippen LogP contribution in [0, 0.1) is 5.92 Å². The highest BCUT2D eigenvalue weighted by molar-refractivity contribution is 6.00. The highest BCUT2D eigenvalue weighted by atomic mass is 16.5. The summed E-state index contributed by atoms with van der Waals surface area (Å²) in [6, 6.07) is 7.02. The molecule has 8 heteroatoms. The van der Waals surface area contributed by atoms with E-state index in [0.29, 0.717) is 11.4 Å². The number of anilines is 1. The number of aliphatic carboxylic acids is 1. The van der Waals surface area contributed by atoms with Crippen LogP contribution in [0.15, 0.2) is 24.3 Å². The molecule has 8 nitrogen and oxygen atoms in total. The SMILES string of the molecule is COCC(C)(CC(=O)O)NC(=O)C1CC(=O)N(c2ccc(OC)cc2)C1. The van der Waals surface area contributed by atoms with E-state index in [1.807, 2.05) is 0 Å². The molecule has 1 fully saturated rings. The normalized spacial score (nSPS) is 19.1. The molecule has 0 aliphatic carbocycles. The van der Waals surface area contributed by atoms with E-state index in [4.69, 9.17) is 14.6 Å². The molecule has 2 amide bonds. The molecule has 1 heterocycles. The quantitative estimate of drug-likeness (QED) is 0.714. The predicted molar refractivity (Wildman–Crippen MR) is 94.1 cm³/mol. The molecule has 1 aromatic carbocycles. The molecular formula is C18H24N2O6. The van der Waals surface area contributed by atoms with Gasteiger partial charge in [-0.15, -0.1) is 0 Å². The van der Waals surface area contributed by atoms with Crippen LogP contribution in [0.4, 0.5) is 5.69 Å².